The molecule has 1 aromatic carbocycles. The van der Waals surface area contributed by atoms with Gasteiger partial charge in [-0.15, -0.1) is 0 Å². The molecule has 29 heavy (non-hydrogen) atoms. The van der Waals surface area contributed by atoms with Gasteiger partial charge >= 0.3 is 0 Å². The number of hydrogen-bond donors (Lipinski definition) is 0. The summed E-state index contributed by atoms with van der Waals surface area (Å²) in [5.74, 6) is 0.971. The Bertz CT molecular complexity index is 1080. The molecule has 0 aliphatic carbocycles. The van der Waals surface area contributed by atoms with Gasteiger partial charge in [-0.25, -0.2) is 17.8 Å². The first kappa shape index (κ1) is 19.5. The van der Waals surface area contributed by atoms with Crippen LogP contribution in [0.4, 0.5) is 4.39 Å². The van der Waals surface area contributed by atoms with Gasteiger partial charge in [-0.1, -0.05) is 5.16 Å². The second-order valence-corrected chi connectivity index (χ2v) is 8.71. The lowest BCUT2D eigenvalue weighted by Gasteiger charge is -2.13. The molecule has 2 aromatic heterocycles. The van der Waals surface area contributed by atoms with Crippen molar-refractivity contribution >= 4 is 10.0 Å². The van der Waals surface area contributed by atoms with E-state index in [1.807, 2.05) is 0 Å². The summed E-state index contributed by atoms with van der Waals surface area (Å²) in [5.41, 5.74) is 0. The average molecular weight is 421 g/mol. The molecule has 9 nitrogen and oxygen atoms in total. The molecular weight excluding hydrogens is 401 g/mol. The second kappa shape index (κ2) is 7.91. The normalized spacial score (nSPS) is 17.7. The summed E-state index contributed by atoms with van der Waals surface area (Å²) in [6.45, 7) is 0.955. The molecule has 4 rings (SSSR count). The summed E-state index contributed by atoms with van der Waals surface area (Å²) >= 11 is 0. The molecule has 1 aliphatic rings. The van der Waals surface area contributed by atoms with Crippen LogP contribution in [0.2, 0.25) is 0 Å². The van der Waals surface area contributed by atoms with Gasteiger partial charge in [0, 0.05) is 32.8 Å². The molecule has 1 aliphatic heterocycles. The molecular formula is C18H20FN5O4S. The Morgan fingerprint density at radius 2 is 2.10 bits per heavy atom. The van der Waals surface area contributed by atoms with E-state index in [-0.39, 0.29) is 23.3 Å². The van der Waals surface area contributed by atoms with Gasteiger partial charge < -0.3 is 13.8 Å². The first-order chi connectivity index (χ1) is 13.9. The number of halogens is 1. The van der Waals surface area contributed by atoms with Crippen molar-refractivity contribution in [1.29, 1.82) is 0 Å². The zero-order chi connectivity index (χ0) is 20.4. The van der Waals surface area contributed by atoms with Crippen LogP contribution in [0.1, 0.15) is 24.1 Å². The van der Waals surface area contributed by atoms with E-state index in [9.17, 15) is 12.8 Å². The lowest BCUT2D eigenvalue weighted by atomic mass is 10.1. The molecule has 1 atom stereocenters. The third-order valence-corrected chi connectivity index (χ3v) is 6.43. The van der Waals surface area contributed by atoms with Crippen molar-refractivity contribution in [3.63, 3.8) is 0 Å². The highest BCUT2D eigenvalue weighted by Gasteiger charge is 2.36. The predicted molar refractivity (Wildman–Crippen MR) is 99.2 cm³/mol. The highest BCUT2D eigenvalue weighted by molar-refractivity contribution is 7.89. The van der Waals surface area contributed by atoms with Gasteiger partial charge in [0.25, 0.3) is 10.0 Å². The largest absolute Gasteiger partial charge is 0.493 e. The van der Waals surface area contributed by atoms with E-state index < -0.39 is 10.0 Å². The Labute approximate surface area is 167 Å². The number of benzene rings is 1. The fourth-order valence-corrected chi connectivity index (χ4v) is 4.59. The molecule has 0 N–H and O–H groups in total. The fraction of sp³-hybridized carbons (Fsp3) is 0.389. The Kier molecular flexibility index (Phi) is 5.33. The second-order valence-electron chi connectivity index (χ2n) is 6.83. The number of rotatable bonds is 7. The van der Waals surface area contributed by atoms with Gasteiger partial charge in [0.15, 0.2) is 10.9 Å². The van der Waals surface area contributed by atoms with Crippen molar-refractivity contribution in [3.8, 4) is 5.75 Å². The van der Waals surface area contributed by atoms with E-state index in [0.717, 1.165) is 0 Å². The van der Waals surface area contributed by atoms with Gasteiger partial charge in [0.1, 0.15) is 11.6 Å². The van der Waals surface area contributed by atoms with E-state index >= 15 is 0 Å². The molecule has 1 unspecified atom stereocenters. The molecule has 0 saturated carbocycles. The maximum absolute atomic E-state index is 12.9. The topological polar surface area (TPSA) is 103 Å². The van der Waals surface area contributed by atoms with Gasteiger partial charge in [-0.3, -0.25) is 0 Å². The summed E-state index contributed by atoms with van der Waals surface area (Å²) in [7, 11) is -1.91. The first-order valence-electron chi connectivity index (χ1n) is 9.11. The summed E-state index contributed by atoms with van der Waals surface area (Å²) in [4.78, 5) is 8.32. The van der Waals surface area contributed by atoms with Crippen LogP contribution in [-0.2, 0) is 23.5 Å². The minimum absolute atomic E-state index is 0.0322. The summed E-state index contributed by atoms with van der Waals surface area (Å²) in [6.07, 6.45) is 3.95. The van der Waals surface area contributed by atoms with Gasteiger partial charge in [0.05, 0.1) is 18.9 Å². The molecule has 0 radical (unpaired) electrons. The molecule has 1 fully saturated rings. The quantitative estimate of drug-likeness (QED) is 0.572. The van der Waals surface area contributed by atoms with Gasteiger partial charge in [0.2, 0.25) is 5.89 Å². The van der Waals surface area contributed by atoms with Crippen molar-refractivity contribution in [2.45, 2.75) is 23.8 Å². The van der Waals surface area contributed by atoms with Crippen LogP contribution in [0.15, 0.2) is 46.3 Å². The minimum Gasteiger partial charge on any atom is -0.493 e. The van der Waals surface area contributed by atoms with E-state index in [1.54, 1.807) is 23.7 Å². The van der Waals surface area contributed by atoms with Crippen molar-refractivity contribution in [3.05, 3.63) is 54.3 Å². The molecule has 3 aromatic rings. The molecule has 1 saturated heterocycles. The maximum atomic E-state index is 12.9. The summed E-state index contributed by atoms with van der Waals surface area (Å²) in [6, 6.07) is 5.75. The molecule has 0 bridgehead atoms. The number of aromatic nitrogens is 4. The first-order valence-corrected chi connectivity index (χ1v) is 10.5. The predicted octanol–water partition coefficient (Wildman–Crippen LogP) is 1.74. The molecule has 154 valence electrons. The van der Waals surface area contributed by atoms with Crippen LogP contribution in [0, 0.1) is 5.82 Å². The van der Waals surface area contributed by atoms with Crippen LogP contribution in [0.3, 0.4) is 0 Å². The Morgan fingerprint density at radius 3 is 2.83 bits per heavy atom. The van der Waals surface area contributed by atoms with E-state index in [0.29, 0.717) is 43.5 Å². The SMILES string of the molecule is Cn1cnc(S(=O)(=O)N2CCC(c3nc(CCOc4ccc(F)cc4)no3)C2)c1. The lowest BCUT2D eigenvalue weighted by Crippen LogP contribution is -2.29. The Hall–Kier alpha value is -2.79. The van der Waals surface area contributed by atoms with E-state index in [2.05, 4.69) is 15.1 Å². The van der Waals surface area contributed by atoms with Crippen molar-refractivity contribution < 1.29 is 22.1 Å². The standard InChI is InChI=1S/C18H20FN5O4S/c1-23-11-17(20-12-23)29(25,26)24-8-6-13(10-24)18-21-16(22-28-18)7-9-27-15-4-2-14(19)3-5-15/h2-5,11-13H,6-10H2,1H3. The number of nitrogens with zero attached hydrogens (tertiary/aromatic N) is 5. The Balaban J connectivity index is 1.33. The third-order valence-electron chi connectivity index (χ3n) is 4.68. The smallest absolute Gasteiger partial charge is 0.262 e. The zero-order valence-corrected chi connectivity index (χ0v) is 16.5. The highest BCUT2D eigenvalue weighted by Crippen LogP contribution is 2.29. The van der Waals surface area contributed by atoms with Crippen molar-refractivity contribution in [2.24, 2.45) is 7.05 Å². The van der Waals surface area contributed by atoms with Gasteiger partial charge in [-0.05, 0) is 30.7 Å². The van der Waals surface area contributed by atoms with Crippen LogP contribution >= 0.6 is 0 Å². The van der Waals surface area contributed by atoms with Crippen molar-refractivity contribution in [2.75, 3.05) is 19.7 Å². The van der Waals surface area contributed by atoms with Crippen LogP contribution < -0.4 is 4.74 Å². The third kappa shape index (κ3) is 4.30. The number of imidazole rings is 1. The zero-order valence-electron chi connectivity index (χ0n) is 15.7. The fourth-order valence-electron chi connectivity index (χ4n) is 3.13. The Morgan fingerprint density at radius 1 is 1.31 bits per heavy atom. The number of ether oxygens (including phenoxy) is 1. The molecule has 0 amide bonds. The monoisotopic (exact) mass is 421 g/mol. The summed E-state index contributed by atoms with van der Waals surface area (Å²) in [5, 5.41) is 3.98. The summed E-state index contributed by atoms with van der Waals surface area (Å²) < 4.78 is 52.1. The van der Waals surface area contributed by atoms with Crippen LogP contribution in [0.5, 0.6) is 5.75 Å². The van der Waals surface area contributed by atoms with Crippen LogP contribution in [0.25, 0.3) is 0 Å². The molecule has 3 heterocycles. The number of sulfonamides is 1. The van der Waals surface area contributed by atoms with E-state index in [1.165, 1.54) is 29.0 Å². The van der Waals surface area contributed by atoms with Gasteiger partial charge in [-0.2, -0.15) is 9.29 Å². The van der Waals surface area contributed by atoms with Crippen molar-refractivity contribution in [1.82, 2.24) is 24.0 Å². The maximum Gasteiger partial charge on any atom is 0.262 e. The number of hydrogen-bond acceptors (Lipinski definition) is 7. The minimum atomic E-state index is -3.64. The highest BCUT2D eigenvalue weighted by atomic mass is 32.2. The number of aryl methyl sites for hydroxylation is 1. The lowest BCUT2D eigenvalue weighted by molar-refractivity contribution is 0.312. The molecule has 0 spiro atoms. The average Bonchev–Trinajstić information content (AvgIpc) is 3.43. The molecule has 11 heteroatoms. The van der Waals surface area contributed by atoms with E-state index in [4.69, 9.17) is 9.26 Å². The van der Waals surface area contributed by atoms with Crippen LogP contribution in [-0.4, -0.2) is 52.1 Å².